The summed E-state index contributed by atoms with van der Waals surface area (Å²) in [6.07, 6.45) is -4.41. The minimum atomic E-state index is -4.41. The number of hydrogen-bond acceptors (Lipinski definition) is 2. The summed E-state index contributed by atoms with van der Waals surface area (Å²) in [6.45, 7) is -1.02. The maximum atomic E-state index is 12.3. The Morgan fingerprint density at radius 3 is 2.42 bits per heavy atom. The molecule has 0 fully saturated rings. The number of rotatable bonds is 5. The molecule has 0 saturated carbocycles. The number of nitrogens with one attached hydrogen (secondary N) is 1. The van der Waals surface area contributed by atoms with E-state index in [1.165, 1.54) is 0 Å². The quantitative estimate of drug-likeness (QED) is 0.601. The number of nitrogens with zero attached hydrogens (tertiary/aromatic N) is 3. The van der Waals surface area contributed by atoms with E-state index in [4.69, 9.17) is 0 Å². The van der Waals surface area contributed by atoms with Crippen LogP contribution in [0.2, 0.25) is 0 Å². The van der Waals surface area contributed by atoms with Crippen molar-refractivity contribution in [3.8, 4) is 0 Å². The zero-order valence-electron chi connectivity index (χ0n) is 13.7. The molecule has 0 radical (unpaired) electrons. The number of likely N-dealkylation sites (N-methyl/N-ethyl adjacent to an activating group) is 1. The van der Waals surface area contributed by atoms with Crippen LogP contribution in [0.3, 0.4) is 0 Å². The van der Waals surface area contributed by atoms with Gasteiger partial charge in [0.1, 0.15) is 6.54 Å². The van der Waals surface area contributed by atoms with Crippen molar-refractivity contribution < 1.29 is 18.0 Å². The maximum Gasteiger partial charge on any atom is 0.406 e. The molecule has 24 heavy (non-hydrogen) atoms. The average Bonchev–Trinajstić information content (AvgIpc) is 2.48. The maximum absolute atomic E-state index is 12.3. The van der Waals surface area contributed by atoms with Gasteiger partial charge < -0.3 is 15.1 Å². The molecule has 0 aliphatic heterocycles. The van der Waals surface area contributed by atoms with Crippen molar-refractivity contribution in [3.63, 3.8) is 0 Å². The van der Waals surface area contributed by atoms with E-state index in [1.807, 2.05) is 24.3 Å². The van der Waals surface area contributed by atoms with E-state index in [2.05, 4.69) is 26.2 Å². The van der Waals surface area contributed by atoms with Gasteiger partial charge in [-0.05, 0) is 11.6 Å². The SMILES string of the molecule is CN=C(NCC(=O)N(C)CC(F)(F)F)N(C)Cc1ccccc1Br. The summed E-state index contributed by atoms with van der Waals surface area (Å²) in [7, 11) is 4.44. The summed E-state index contributed by atoms with van der Waals surface area (Å²) >= 11 is 3.45. The molecule has 0 atom stereocenters. The van der Waals surface area contributed by atoms with Gasteiger partial charge in [-0.2, -0.15) is 13.2 Å². The zero-order chi connectivity index (χ0) is 18.3. The Bertz CT molecular complexity index is 592. The molecule has 0 aliphatic carbocycles. The molecule has 9 heteroatoms. The number of amides is 1. The molecule has 0 aromatic heterocycles. The first-order valence-electron chi connectivity index (χ1n) is 7.10. The lowest BCUT2D eigenvalue weighted by Crippen LogP contribution is -2.45. The number of halogens is 4. The van der Waals surface area contributed by atoms with E-state index in [1.54, 1.807) is 19.0 Å². The first-order chi connectivity index (χ1) is 11.1. The van der Waals surface area contributed by atoms with Gasteiger partial charge in [0.05, 0.1) is 6.54 Å². The topological polar surface area (TPSA) is 47.9 Å². The van der Waals surface area contributed by atoms with E-state index in [9.17, 15) is 18.0 Å². The Kier molecular flexibility index (Phi) is 7.53. The van der Waals surface area contributed by atoms with Crippen LogP contribution in [0.15, 0.2) is 33.7 Å². The summed E-state index contributed by atoms with van der Waals surface area (Å²) in [5.74, 6) is -0.248. The third-order valence-corrected chi connectivity index (χ3v) is 3.95. The first kappa shape index (κ1) is 20.3. The van der Waals surface area contributed by atoms with E-state index in [-0.39, 0.29) is 6.54 Å². The van der Waals surface area contributed by atoms with Crippen molar-refractivity contribution in [1.82, 2.24) is 15.1 Å². The number of aliphatic imine (C=N–C) groups is 1. The largest absolute Gasteiger partial charge is 0.406 e. The highest BCUT2D eigenvalue weighted by molar-refractivity contribution is 9.10. The Morgan fingerprint density at radius 2 is 1.88 bits per heavy atom. The number of alkyl halides is 3. The van der Waals surface area contributed by atoms with Crippen LogP contribution in [-0.2, 0) is 11.3 Å². The molecule has 1 aromatic carbocycles. The highest BCUT2D eigenvalue weighted by Gasteiger charge is 2.31. The van der Waals surface area contributed by atoms with Crippen LogP contribution in [0, 0.1) is 0 Å². The van der Waals surface area contributed by atoms with Crippen LogP contribution >= 0.6 is 15.9 Å². The Morgan fingerprint density at radius 1 is 1.25 bits per heavy atom. The number of hydrogen-bond donors (Lipinski definition) is 1. The van der Waals surface area contributed by atoms with Gasteiger partial charge in [-0.15, -0.1) is 0 Å². The van der Waals surface area contributed by atoms with Crippen molar-refractivity contribution in [2.24, 2.45) is 4.99 Å². The van der Waals surface area contributed by atoms with Gasteiger partial charge in [0.25, 0.3) is 0 Å². The van der Waals surface area contributed by atoms with Gasteiger partial charge >= 0.3 is 6.18 Å². The molecule has 1 amide bonds. The van der Waals surface area contributed by atoms with Crippen molar-refractivity contribution in [1.29, 1.82) is 0 Å². The van der Waals surface area contributed by atoms with E-state index in [0.717, 1.165) is 17.1 Å². The molecule has 0 aliphatic rings. The summed E-state index contributed by atoms with van der Waals surface area (Å²) in [6, 6.07) is 7.65. The molecule has 0 heterocycles. The third kappa shape index (κ3) is 6.77. The number of carbonyl (C=O) groups is 1. The highest BCUT2D eigenvalue weighted by atomic mass is 79.9. The molecular weight excluding hydrogens is 389 g/mol. The van der Waals surface area contributed by atoms with Crippen molar-refractivity contribution in [2.45, 2.75) is 12.7 Å². The molecule has 134 valence electrons. The number of carbonyl (C=O) groups excluding carboxylic acids is 1. The number of benzene rings is 1. The van der Waals surface area contributed by atoms with E-state index >= 15 is 0 Å². The monoisotopic (exact) mass is 408 g/mol. The van der Waals surface area contributed by atoms with Crippen LogP contribution in [0.4, 0.5) is 13.2 Å². The standard InChI is InChI=1S/C15H20BrF3N4O/c1-20-14(21-8-13(24)23(3)10-15(17,18)19)22(2)9-11-6-4-5-7-12(11)16/h4-7H,8-10H2,1-3H3,(H,20,21). The molecule has 0 unspecified atom stereocenters. The molecule has 1 N–H and O–H groups in total. The molecule has 1 aromatic rings. The summed E-state index contributed by atoms with van der Waals surface area (Å²) in [5.41, 5.74) is 1.02. The lowest BCUT2D eigenvalue weighted by atomic mass is 10.2. The Balaban J connectivity index is 2.58. The lowest BCUT2D eigenvalue weighted by molar-refractivity contribution is -0.157. The average molecular weight is 409 g/mol. The summed E-state index contributed by atoms with van der Waals surface area (Å²) in [5, 5.41) is 2.78. The summed E-state index contributed by atoms with van der Waals surface area (Å²) < 4.78 is 37.8. The number of guanidine groups is 1. The van der Waals surface area contributed by atoms with Crippen LogP contribution in [0.25, 0.3) is 0 Å². The third-order valence-electron chi connectivity index (χ3n) is 3.18. The fourth-order valence-corrected chi connectivity index (χ4v) is 2.40. The second kappa shape index (κ2) is 8.91. The van der Waals surface area contributed by atoms with Crippen molar-refractivity contribution in [2.75, 3.05) is 34.2 Å². The minimum absolute atomic E-state index is 0.264. The molecule has 5 nitrogen and oxygen atoms in total. The van der Waals surface area contributed by atoms with Crippen LogP contribution in [0.5, 0.6) is 0 Å². The Hall–Kier alpha value is -1.77. The summed E-state index contributed by atoms with van der Waals surface area (Å²) in [4.78, 5) is 18.2. The van der Waals surface area contributed by atoms with Crippen LogP contribution < -0.4 is 5.32 Å². The smallest absolute Gasteiger partial charge is 0.347 e. The molecule has 0 spiro atoms. The van der Waals surface area contributed by atoms with Crippen LogP contribution in [-0.4, -0.2) is 62.1 Å². The van der Waals surface area contributed by atoms with Gasteiger partial charge in [-0.3, -0.25) is 9.79 Å². The van der Waals surface area contributed by atoms with Gasteiger partial charge in [-0.1, -0.05) is 34.1 Å². The second-order valence-corrected chi connectivity index (χ2v) is 6.07. The van der Waals surface area contributed by atoms with Crippen molar-refractivity contribution in [3.05, 3.63) is 34.3 Å². The highest BCUT2D eigenvalue weighted by Crippen LogP contribution is 2.17. The van der Waals surface area contributed by atoms with E-state index in [0.29, 0.717) is 17.4 Å². The minimum Gasteiger partial charge on any atom is -0.347 e. The first-order valence-corrected chi connectivity index (χ1v) is 7.89. The van der Waals surface area contributed by atoms with E-state index < -0.39 is 18.6 Å². The molecule has 0 bridgehead atoms. The van der Waals surface area contributed by atoms with Gasteiger partial charge in [-0.25, -0.2) is 0 Å². The van der Waals surface area contributed by atoms with Gasteiger partial charge in [0.15, 0.2) is 5.96 Å². The predicted octanol–water partition coefficient (Wildman–Crippen LogP) is 2.48. The normalized spacial score (nSPS) is 12.0. The fraction of sp³-hybridized carbons (Fsp3) is 0.467. The fourth-order valence-electron chi connectivity index (χ4n) is 1.99. The van der Waals surface area contributed by atoms with Crippen LogP contribution in [0.1, 0.15) is 5.56 Å². The molecular formula is C15H20BrF3N4O. The van der Waals surface area contributed by atoms with Gasteiger partial charge in [0, 0.05) is 32.2 Å². The predicted molar refractivity (Wildman–Crippen MR) is 90.7 cm³/mol. The molecule has 1 rings (SSSR count). The molecule has 0 saturated heterocycles. The Labute approximate surface area is 147 Å². The van der Waals surface area contributed by atoms with Gasteiger partial charge in [0.2, 0.25) is 5.91 Å². The van der Waals surface area contributed by atoms with Crippen molar-refractivity contribution >= 4 is 27.8 Å². The zero-order valence-corrected chi connectivity index (χ0v) is 15.3. The lowest BCUT2D eigenvalue weighted by Gasteiger charge is -2.24. The second-order valence-electron chi connectivity index (χ2n) is 5.21.